The zero-order chi connectivity index (χ0) is 64.8. The van der Waals surface area contributed by atoms with E-state index in [1.54, 1.807) is 66.7 Å². The number of aryl methyl sites for hydroxylation is 1. The number of hydrogen-bond acceptors (Lipinski definition) is 14. The van der Waals surface area contributed by atoms with Crippen molar-refractivity contribution >= 4 is 106 Å². The van der Waals surface area contributed by atoms with Crippen molar-refractivity contribution in [2.75, 3.05) is 6.54 Å². The summed E-state index contributed by atoms with van der Waals surface area (Å²) >= 11 is 13.0. The molecule has 0 spiro atoms. The fourth-order valence-electron chi connectivity index (χ4n) is 6.07. The van der Waals surface area contributed by atoms with Crippen LogP contribution >= 0.6 is 63.7 Å². The Labute approximate surface area is 528 Å². The summed E-state index contributed by atoms with van der Waals surface area (Å²) in [6, 6.07) is 38.0. The predicted molar refractivity (Wildman–Crippen MR) is 327 cm³/mol. The fraction of sp³-hybridized carbons (Fsp3) is 0.283. The molecule has 2 unspecified atom stereocenters. The number of aromatic carboxylic acids is 1. The molecule has 0 heterocycles. The lowest BCUT2D eigenvalue weighted by Gasteiger charge is -2.18. The molecule has 1 aliphatic rings. The normalized spacial score (nSPS) is 13.0. The molecule has 0 amide bonds. The lowest BCUT2D eigenvalue weighted by molar-refractivity contribution is -0.147. The lowest BCUT2D eigenvalue weighted by Crippen LogP contribution is -2.34. The third-order valence-corrected chi connectivity index (χ3v) is 12.9. The van der Waals surface area contributed by atoms with Crippen molar-refractivity contribution in [1.29, 1.82) is 0 Å². The number of ether oxygens (including phenoxy) is 6. The number of carboxylic acids is 7. The van der Waals surface area contributed by atoms with Crippen LogP contribution in [-0.2, 0) is 28.8 Å². The Bertz CT molecular complexity index is 2970. The molecule has 26 heteroatoms. The lowest BCUT2D eigenvalue weighted by atomic mass is 10.1. The SMILES string of the molecule is CC(C)[C@H](Oc1ccc(Br)cc1)C(=O)O.C[C@H](Oc1ccc(Br)cc1)C(=O)O.C[C@H](Oc1ccc(Br)cc1C(=O)O)C(=O)O.Cc1ccc(O[C@@H](C)C(=O)O)cc1.NCC(Oc1ccc(F)cc1)C(=O)O.O=C(O)C(Oc1ccc(Br)cc1)C1CC1. The van der Waals surface area contributed by atoms with Crippen LogP contribution in [0.15, 0.2) is 157 Å². The van der Waals surface area contributed by atoms with Gasteiger partial charge in [0, 0.05) is 36.3 Å². The van der Waals surface area contributed by atoms with E-state index in [0.29, 0.717) is 27.5 Å². The van der Waals surface area contributed by atoms with E-state index in [0.717, 1.165) is 31.8 Å². The number of benzene rings is 6. The standard InChI is InChI=1S/C11H11BrO3.C11H13BrO3.C10H9BrO5.C10H12O3.C9H9BrO3.C9H10FNO3/c12-8-3-5-9(6-4-8)15-10(11(13)14)7-1-2-7;1-7(2)10(11(13)14)15-9-5-3-8(12)4-6-9;1-5(9(12)13)16-8-3-2-6(11)4-7(8)10(14)15;1-7-3-5-9(6-4-7)13-8(2)10(11)12;1-6(9(11)12)13-8-4-2-7(10)3-5-8;10-6-1-3-7(4-2-6)14-8(5-11)9(12)13/h3-7,10H,1-2H2,(H,13,14);3-7,10H,1-2H3,(H,13,14);2-5H,1H3,(H,12,13)(H,14,15);3-6,8H,1-2H3,(H,11,12);2-6H,1H3,(H,11,12);1-4,8H,5,11H2,(H,12,13)/t;10-;5-;8-;6-;/m.0000./s1. The van der Waals surface area contributed by atoms with E-state index in [1.807, 2.05) is 57.2 Å². The van der Waals surface area contributed by atoms with Crippen molar-refractivity contribution in [2.45, 2.75) is 91.0 Å². The topological polar surface area (TPSA) is 342 Å². The molecule has 1 aliphatic carbocycles. The Morgan fingerprint density at radius 1 is 0.465 bits per heavy atom. The molecule has 1 saturated carbocycles. The maximum absolute atomic E-state index is 12.5. The molecule has 9 N–H and O–H groups in total. The van der Waals surface area contributed by atoms with Crippen molar-refractivity contribution in [2.24, 2.45) is 17.6 Å². The number of carbonyl (C=O) groups is 7. The first kappa shape index (κ1) is 74.3. The highest BCUT2D eigenvalue weighted by Crippen LogP contribution is 2.35. The van der Waals surface area contributed by atoms with Gasteiger partial charge in [-0.15, -0.1) is 0 Å². The molecular formula is C60H64Br4FNO20. The summed E-state index contributed by atoms with van der Waals surface area (Å²) in [6.07, 6.45) is -3.40. The minimum Gasteiger partial charge on any atom is -0.479 e. The van der Waals surface area contributed by atoms with Crippen LogP contribution in [0.2, 0.25) is 0 Å². The van der Waals surface area contributed by atoms with E-state index >= 15 is 0 Å². The van der Waals surface area contributed by atoms with Gasteiger partial charge < -0.3 is 69.9 Å². The minimum absolute atomic E-state index is 0.0330. The van der Waals surface area contributed by atoms with Gasteiger partial charge in [-0.05, 0) is 168 Å². The van der Waals surface area contributed by atoms with Crippen LogP contribution in [0, 0.1) is 24.6 Å². The number of aliphatic carboxylic acids is 6. The molecule has 7 rings (SSSR count). The van der Waals surface area contributed by atoms with Crippen molar-refractivity contribution < 1.29 is 102 Å². The van der Waals surface area contributed by atoms with Crippen LogP contribution in [0.1, 0.15) is 63.4 Å². The first-order valence-electron chi connectivity index (χ1n) is 25.6. The molecule has 0 bridgehead atoms. The van der Waals surface area contributed by atoms with E-state index in [9.17, 15) is 38.0 Å². The average Bonchev–Trinajstić information content (AvgIpc) is 4.48. The Balaban J connectivity index is 0.000000353. The Morgan fingerprint density at radius 3 is 1.17 bits per heavy atom. The second kappa shape index (κ2) is 38.3. The monoisotopic (exact) mass is 1450 g/mol. The van der Waals surface area contributed by atoms with Gasteiger partial charge in [0.25, 0.3) is 0 Å². The summed E-state index contributed by atoms with van der Waals surface area (Å²) < 4.78 is 46.9. The third-order valence-electron chi connectivity index (χ3n) is 10.9. The van der Waals surface area contributed by atoms with Crippen LogP contribution in [0.3, 0.4) is 0 Å². The zero-order valence-corrected chi connectivity index (χ0v) is 53.3. The van der Waals surface area contributed by atoms with Gasteiger partial charge in [-0.3, -0.25) is 0 Å². The highest BCUT2D eigenvalue weighted by molar-refractivity contribution is 9.11. The maximum Gasteiger partial charge on any atom is 0.346 e. The molecule has 1 fully saturated rings. The highest BCUT2D eigenvalue weighted by Gasteiger charge is 2.38. The van der Waals surface area contributed by atoms with E-state index in [2.05, 4.69) is 63.7 Å². The number of halogens is 5. The van der Waals surface area contributed by atoms with Crippen molar-refractivity contribution in [3.8, 4) is 34.5 Å². The average molecular weight is 1460 g/mol. The zero-order valence-electron chi connectivity index (χ0n) is 46.9. The maximum atomic E-state index is 12.5. The van der Waals surface area contributed by atoms with Gasteiger partial charge in [0.15, 0.2) is 30.5 Å². The van der Waals surface area contributed by atoms with Crippen molar-refractivity contribution in [1.82, 2.24) is 0 Å². The Morgan fingerprint density at radius 2 is 0.826 bits per heavy atom. The van der Waals surface area contributed by atoms with Crippen molar-refractivity contribution in [3.05, 3.63) is 174 Å². The quantitative estimate of drug-likeness (QED) is 0.0313. The molecule has 0 aromatic heterocycles. The van der Waals surface area contributed by atoms with Gasteiger partial charge in [0.05, 0.1) is 0 Å². The summed E-state index contributed by atoms with van der Waals surface area (Å²) in [5.74, 6) is -4.86. The molecule has 0 radical (unpaired) electrons. The highest BCUT2D eigenvalue weighted by atomic mass is 79.9. The van der Waals surface area contributed by atoms with E-state index in [1.165, 1.54) is 57.2 Å². The van der Waals surface area contributed by atoms with Gasteiger partial charge in [-0.25, -0.2) is 38.0 Å². The van der Waals surface area contributed by atoms with E-state index < -0.39 is 84.2 Å². The number of rotatable bonds is 22. The second-order valence-electron chi connectivity index (χ2n) is 18.4. The molecule has 6 aromatic carbocycles. The number of hydrogen-bond donors (Lipinski definition) is 8. The van der Waals surface area contributed by atoms with Gasteiger partial charge >= 0.3 is 41.8 Å². The Hall–Kier alpha value is -7.78. The molecule has 0 saturated heterocycles. The second-order valence-corrected chi connectivity index (χ2v) is 22.0. The molecule has 86 heavy (non-hydrogen) atoms. The van der Waals surface area contributed by atoms with Crippen molar-refractivity contribution in [3.63, 3.8) is 0 Å². The molecule has 464 valence electrons. The van der Waals surface area contributed by atoms with E-state index in [4.69, 9.17) is 69.9 Å². The van der Waals surface area contributed by atoms with E-state index in [-0.39, 0.29) is 35.4 Å². The van der Waals surface area contributed by atoms with Gasteiger partial charge in [0.1, 0.15) is 45.9 Å². The minimum atomic E-state index is -1.17. The van der Waals surface area contributed by atoms with Gasteiger partial charge in [-0.1, -0.05) is 95.3 Å². The largest absolute Gasteiger partial charge is 0.479 e. The predicted octanol–water partition coefficient (Wildman–Crippen LogP) is 12.4. The first-order chi connectivity index (χ1) is 40.4. The summed E-state index contributed by atoms with van der Waals surface area (Å²) in [5.41, 5.74) is 6.21. The van der Waals surface area contributed by atoms with Crippen LogP contribution in [0.25, 0.3) is 0 Å². The summed E-state index contributed by atoms with van der Waals surface area (Å²) in [5, 5.41) is 61.2. The molecule has 21 nitrogen and oxygen atoms in total. The number of nitrogens with two attached hydrogens (primary N) is 1. The van der Waals surface area contributed by atoms with Crippen LogP contribution in [0.4, 0.5) is 4.39 Å². The summed E-state index contributed by atoms with van der Waals surface area (Å²) in [7, 11) is 0. The van der Waals surface area contributed by atoms with Crippen LogP contribution < -0.4 is 34.2 Å². The summed E-state index contributed by atoms with van der Waals surface area (Å²) in [4.78, 5) is 74.6. The molecule has 0 aliphatic heterocycles. The Kier molecular flexibility index (Phi) is 33.1. The van der Waals surface area contributed by atoms with Gasteiger partial charge in [-0.2, -0.15) is 0 Å². The van der Waals surface area contributed by atoms with Crippen LogP contribution in [0.5, 0.6) is 34.5 Å². The summed E-state index contributed by atoms with van der Waals surface area (Å²) in [6.45, 7) is 9.79. The smallest absolute Gasteiger partial charge is 0.346 e. The first-order valence-corrected chi connectivity index (χ1v) is 28.8. The molecular weight excluding hydrogens is 1390 g/mol. The molecule has 6 aromatic rings. The third kappa shape index (κ3) is 29.8. The fourth-order valence-corrected chi connectivity index (χ4v) is 7.22. The molecule has 6 atom stereocenters. The van der Waals surface area contributed by atoms with Crippen LogP contribution in [-0.4, -0.2) is 121 Å². The van der Waals surface area contributed by atoms with Gasteiger partial charge in [0.2, 0.25) is 6.10 Å². The number of carboxylic acid groups (broad SMARTS) is 7.